The van der Waals surface area contributed by atoms with Gasteiger partial charge in [-0.15, -0.1) is 0 Å². The zero-order valence-electron chi connectivity index (χ0n) is 16.8. The van der Waals surface area contributed by atoms with E-state index in [1.54, 1.807) is 0 Å². The lowest BCUT2D eigenvalue weighted by Crippen LogP contribution is -2.60. The zero-order valence-corrected chi connectivity index (χ0v) is 16.8. The Balaban J connectivity index is 1.54. The summed E-state index contributed by atoms with van der Waals surface area (Å²) in [6, 6.07) is 0. The van der Waals surface area contributed by atoms with Gasteiger partial charge in [-0.2, -0.15) is 0 Å². The molecular weight excluding hydrogens is 424 g/mol. The highest BCUT2D eigenvalue weighted by Gasteiger charge is 2.46. The normalized spacial score (nSPS) is 49.2. The Bertz CT molecular complexity index is 551. The first-order chi connectivity index (χ1) is 14.7. The molecule has 0 aromatic rings. The summed E-state index contributed by atoms with van der Waals surface area (Å²) >= 11 is 0. The van der Waals surface area contributed by atoms with Crippen molar-refractivity contribution in [3.05, 3.63) is 0 Å². The summed E-state index contributed by atoms with van der Waals surface area (Å²) in [6.45, 7) is -1.17. The van der Waals surface area contributed by atoms with Gasteiger partial charge in [0.1, 0.15) is 36.6 Å². The van der Waals surface area contributed by atoms with Gasteiger partial charge in [-0.3, -0.25) is 0 Å². The Morgan fingerprint density at radius 3 is 2.13 bits per heavy atom. The molecule has 9 unspecified atom stereocenters. The van der Waals surface area contributed by atoms with Gasteiger partial charge >= 0.3 is 0 Å². The van der Waals surface area contributed by atoms with Gasteiger partial charge in [0.05, 0.1) is 50.8 Å². The number of hydrogen-bond donors (Lipinski definition) is 8. The van der Waals surface area contributed by atoms with Gasteiger partial charge in [-0.1, -0.05) is 0 Å². The fourth-order valence-electron chi connectivity index (χ4n) is 3.81. The Morgan fingerprint density at radius 2 is 1.45 bits per heavy atom. The molecule has 3 aliphatic rings. The van der Waals surface area contributed by atoms with Crippen molar-refractivity contribution in [2.45, 2.75) is 86.5 Å². The predicted molar refractivity (Wildman–Crippen MR) is 97.3 cm³/mol. The predicted octanol–water partition coefficient (Wildman–Crippen LogP) is -4.83. The van der Waals surface area contributed by atoms with Gasteiger partial charge in [-0.25, -0.2) is 0 Å². The maximum absolute atomic E-state index is 10.2. The van der Waals surface area contributed by atoms with Crippen molar-refractivity contribution in [2.24, 2.45) is 0 Å². The number of aliphatic hydroxyl groups is 8. The maximum Gasteiger partial charge on any atom is 0.187 e. The second kappa shape index (κ2) is 11.1. The topological polar surface area (TPSA) is 208 Å². The third-order valence-electron chi connectivity index (χ3n) is 5.74. The van der Waals surface area contributed by atoms with Crippen LogP contribution in [-0.4, -0.2) is 141 Å². The number of rotatable bonds is 7. The summed E-state index contributed by atoms with van der Waals surface area (Å²) in [4.78, 5) is 0. The fourth-order valence-corrected chi connectivity index (χ4v) is 3.81. The molecule has 0 aromatic carbocycles. The first-order valence-electron chi connectivity index (χ1n) is 10.2. The van der Waals surface area contributed by atoms with E-state index in [1.807, 2.05) is 0 Å². The van der Waals surface area contributed by atoms with E-state index < -0.39 is 80.2 Å². The van der Waals surface area contributed by atoms with Crippen LogP contribution in [0.1, 0.15) is 12.8 Å². The molecule has 8 N–H and O–H groups in total. The molecule has 3 saturated heterocycles. The van der Waals surface area contributed by atoms with E-state index in [0.717, 1.165) is 0 Å². The van der Waals surface area contributed by atoms with Crippen molar-refractivity contribution in [1.82, 2.24) is 0 Å². The van der Waals surface area contributed by atoms with Crippen LogP contribution in [0, 0.1) is 0 Å². The van der Waals surface area contributed by atoms with Crippen LogP contribution < -0.4 is 0 Å². The van der Waals surface area contributed by atoms with Crippen LogP contribution in [0.3, 0.4) is 0 Å². The van der Waals surface area contributed by atoms with Crippen LogP contribution in [0.25, 0.3) is 0 Å². The van der Waals surface area contributed by atoms with E-state index in [1.165, 1.54) is 0 Å². The number of hydrogen-bond acceptors (Lipinski definition) is 13. The van der Waals surface area contributed by atoms with Crippen LogP contribution in [-0.2, 0) is 23.7 Å². The zero-order chi connectivity index (χ0) is 22.7. The lowest BCUT2D eigenvalue weighted by atomic mass is 9.98. The first kappa shape index (κ1) is 25.1. The van der Waals surface area contributed by atoms with Crippen molar-refractivity contribution in [2.75, 3.05) is 26.4 Å². The van der Waals surface area contributed by atoms with Gasteiger partial charge < -0.3 is 64.5 Å². The third-order valence-corrected chi connectivity index (χ3v) is 5.74. The van der Waals surface area contributed by atoms with E-state index in [4.69, 9.17) is 23.7 Å². The third kappa shape index (κ3) is 5.89. The lowest BCUT2D eigenvalue weighted by Gasteiger charge is -2.43. The highest BCUT2D eigenvalue weighted by atomic mass is 16.7. The summed E-state index contributed by atoms with van der Waals surface area (Å²) in [6.07, 6.45) is -14.0. The standard InChI is InChI=1S/C18H32O13/c19-3-7-1-9(21)13(23)17(29-7)28-5-8-2-11(10(22)6-27-8)30-18-16(26)15(25)14(24)12(4-20)31-18/h7-26H,1-6H2/t7?,8?,9?,10?,11?,12?,13?,14-,15?,16?,17+,18+/m1/s1. The van der Waals surface area contributed by atoms with E-state index in [9.17, 15) is 40.9 Å². The van der Waals surface area contributed by atoms with Crippen molar-refractivity contribution < 1.29 is 64.5 Å². The van der Waals surface area contributed by atoms with Crippen LogP contribution >= 0.6 is 0 Å². The van der Waals surface area contributed by atoms with Crippen molar-refractivity contribution in [1.29, 1.82) is 0 Å². The minimum atomic E-state index is -1.61. The summed E-state index contributed by atoms with van der Waals surface area (Å²) in [5.74, 6) is 0. The molecule has 13 nitrogen and oxygen atoms in total. The lowest BCUT2D eigenvalue weighted by molar-refractivity contribution is -0.326. The van der Waals surface area contributed by atoms with Crippen molar-refractivity contribution in [3.63, 3.8) is 0 Å². The monoisotopic (exact) mass is 456 g/mol. The van der Waals surface area contributed by atoms with Crippen molar-refractivity contribution in [3.8, 4) is 0 Å². The van der Waals surface area contributed by atoms with E-state index in [-0.39, 0.29) is 32.7 Å². The molecule has 3 fully saturated rings. The van der Waals surface area contributed by atoms with E-state index >= 15 is 0 Å². The quantitative estimate of drug-likeness (QED) is 0.181. The van der Waals surface area contributed by atoms with Crippen LogP contribution in [0.4, 0.5) is 0 Å². The van der Waals surface area contributed by atoms with Crippen LogP contribution in [0.5, 0.6) is 0 Å². The average molecular weight is 456 g/mol. The first-order valence-corrected chi connectivity index (χ1v) is 10.2. The molecule has 0 aromatic heterocycles. The van der Waals surface area contributed by atoms with Gasteiger partial charge in [0.25, 0.3) is 0 Å². The molecule has 182 valence electrons. The minimum Gasteiger partial charge on any atom is -0.394 e. The number of ether oxygens (including phenoxy) is 5. The van der Waals surface area contributed by atoms with Gasteiger partial charge in [0.15, 0.2) is 12.6 Å². The molecule has 0 radical (unpaired) electrons. The highest BCUT2D eigenvalue weighted by molar-refractivity contribution is 4.90. The largest absolute Gasteiger partial charge is 0.394 e. The van der Waals surface area contributed by atoms with E-state index in [0.29, 0.717) is 0 Å². The second-order valence-corrected chi connectivity index (χ2v) is 8.07. The molecule has 0 aliphatic carbocycles. The Labute approximate surface area is 178 Å². The molecule has 3 aliphatic heterocycles. The summed E-state index contributed by atoms with van der Waals surface area (Å²) in [5.41, 5.74) is 0. The fraction of sp³-hybridized carbons (Fsp3) is 1.00. The molecule has 3 heterocycles. The molecule has 12 atom stereocenters. The molecule has 0 saturated carbocycles. The molecule has 3 rings (SSSR count). The highest BCUT2D eigenvalue weighted by Crippen LogP contribution is 2.27. The molecule has 0 spiro atoms. The van der Waals surface area contributed by atoms with Crippen molar-refractivity contribution >= 4 is 0 Å². The SMILES string of the molecule is OCC1CC(O)C(O)[C@@H](OCC2CC(O[C@H]3OC(CO)[C@@H](O)C(O)C3O)C(O)CO2)O1. The average Bonchev–Trinajstić information content (AvgIpc) is 2.76. The number of aliphatic hydroxyl groups excluding tert-OH is 8. The minimum absolute atomic E-state index is 0.0681. The molecule has 13 heteroatoms. The summed E-state index contributed by atoms with van der Waals surface area (Å²) < 4.78 is 27.3. The van der Waals surface area contributed by atoms with E-state index in [2.05, 4.69) is 0 Å². The summed E-state index contributed by atoms with van der Waals surface area (Å²) in [5, 5.41) is 78.4. The van der Waals surface area contributed by atoms with Gasteiger partial charge in [-0.05, 0) is 0 Å². The molecule has 0 amide bonds. The molecule has 31 heavy (non-hydrogen) atoms. The smallest absolute Gasteiger partial charge is 0.187 e. The molecular formula is C18H32O13. The van der Waals surface area contributed by atoms with Gasteiger partial charge in [0, 0.05) is 12.8 Å². The maximum atomic E-state index is 10.2. The second-order valence-electron chi connectivity index (χ2n) is 8.07. The Kier molecular flexibility index (Phi) is 8.97. The Morgan fingerprint density at radius 1 is 0.710 bits per heavy atom. The summed E-state index contributed by atoms with van der Waals surface area (Å²) in [7, 11) is 0. The van der Waals surface area contributed by atoms with Crippen LogP contribution in [0.15, 0.2) is 0 Å². The van der Waals surface area contributed by atoms with Crippen LogP contribution in [0.2, 0.25) is 0 Å². The van der Waals surface area contributed by atoms with Gasteiger partial charge in [0.2, 0.25) is 0 Å². The molecule has 0 bridgehead atoms. The Hall–Kier alpha value is -0.520.